The summed E-state index contributed by atoms with van der Waals surface area (Å²) in [6, 6.07) is 1.02. The molecule has 0 atom stereocenters. The summed E-state index contributed by atoms with van der Waals surface area (Å²) in [6.07, 6.45) is 0. The van der Waals surface area contributed by atoms with Gasteiger partial charge in [0.2, 0.25) is 5.82 Å². The molecule has 0 aliphatic carbocycles. The highest BCUT2D eigenvalue weighted by atomic mass is 79.9. The van der Waals surface area contributed by atoms with Crippen LogP contribution < -0.4 is 0 Å². The van der Waals surface area contributed by atoms with Gasteiger partial charge >= 0.3 is 0 Å². The Hall–Kier alpha value is -1.23. The van der Waals surface area contributed by atoms with E-state index in [9.17, 15) is 13.6 Å². The molecule has 0 radical (unpaired) electrons. The van der Waals surface area contributed by atoms with Crippen LogP contribution in [0.4, 0.5) is 8.78 Å². The van der Waals surface area contributed by atoms with Crippen LogP contribution in [0.15, 0.2) is 15.0 Å². The predicted molar refractivity (Wildman–Crippen MR) is 58.6 cm³/mol. The van der Waals surface area contributed by atoms with Crippen molar-refractivity contribution in [2.45, 2.75) is 13.8 Å². The highest BCUT2D eigenvalue weighted by Crippen LogP contribution is 2.34. The van der Waals surface area contributed by atoms with Gasteiger partial charge in [0.25, 0.3) is 0 Å². The summed E-state index contributed by atoms with van der Waals surface area (Å²) in [5.74, 6) is -2.35. The smallest absolute Gasteiger partial charge is 0.201 e. The summed E-state index contributed by atoms with van der Waals surface area (Å²) in [5, 5.41) is 0.393. The van der Waals surface area contributed by atoms with Gasteiger partial charge in [0.1, 0.15) is 0 Å². The second-order valence-corrected chi connectivity index (χ2v) is 4.33. The molecule has 16 heavy (non-hydrogen) atoms. The van der Waals surface area contributed by atoms with Crippen molar-refractivity contribution in [1.29, 1.82) is 0 Å². The SMILES string of the molecule is CC(=O)c1oc2c(F)c(F)cc(Br)c2c1C. The average molecular weight is 289 g/mol. The molecular weight excluding hydrogens is 282 g/mol. The first-order valence-electron chi connectivity index (χ1n) is 4.51. The maximum Gasteiger partial charge on any atom is 0.201 e. The second kappa shape index (κ2) is 3.66. The predicted octanol–water partition coefficient (Wildman–Crippen LogP) is 3.98. The van der Waals surface area contributed by atoms with Crippen LogP contribution in [0.3, 0.4) is 0 Å². The van der Waals surface area contributed by atoms with Crippen molar-refractivity contribution in [3.05, 3.63) is 33.5 Å². The molecule has 0 bridgehead atoms. The fourth-order valence-electron chi connectivity index (χ4n) is 1.65. The Morgan fingerprint density at radius 1 is 1.44 bits per heavy atom. The first kappa shape index (κ1) is 11.3. The van der Waals surface area contributed by atoms with Gasteiger partial charge in [-0.3, -0.25) is 4.79 Å². The number of furan rings is 1. The number of fused-ring (bicyclic) bond motifs is 1. The molecular formula is C11H7BrF2O2. The van der Waals surface area contributed by atoms with Crippen molar-refractivity contribution < 1.29 is 18.0 Å². The lowest BCUT2D eigenvalue weighted by Crippen LogP contribution is -1.90. The second-order valence-electron chi connectivity index (χ2n) is 3.47. The highest BCUT2D eigenvalue weighted by molar-refractivity contribution is 9.10. The Morgan fingerprint density at radius 3 is 2.62 bits per heavy atom. The molecule has 2 rings (SSSR count). The first-order valence-corrected chi connectivity index (χ1v) is 5.30. The third kappa shape index (κ3) is 1.46. The quantitative estimate of drug-likeness (QED) is 0.587. The summed E-state index contributed by atoms with van der Waals surface area (Å²) in [6.45, 7) is 2.94. The normalized spacial score (nSPS) is 11.1. The van der Waals surface area contributed by atoms with E-state index in [1.165, 1.54) is 6.92 Å². The van der Waals surface area contributed by atoms with E-state index in [4.69, 9.17) is 4.42 Å². The molecule has 0 N–H and O–H groups in total. The Bertz CT molecular complexity index is 602. The van der Waals surface area contributed by atoms with E-state index >= 15 is 0 Å². The molecule has 2 nitrogen and oxygen atoms in total. The summed E-state index contributed by atoms with van der Waals surface area (Å²) in [5.41, 5.74) is 0.280. The first-order chi connectivity index (χ1) is 7.43. The minimum atomic E-state index is -1.08. The van der Waals surface area contributed by atoms with Crippen molar-refractivity contribution >= 4 is 32.7 Å². The number of rotatable bonds is 1. The minimum Gasteiger partial charge on any atom is -0.449 e. The number of hydrogen-bond donors (Lipinski definition) is 0. The van der Waals surface area contributed by atoms with E-state index in [1.807, 2.05) is 0 Å². The molecule has 0 spiro atoms. The van der Waals surface area contributed by atoms with Gasteiger partial charge in [-0.2, -0.15) is 4.39 Å². The Labute approximate surface area is 98.4 Å². The topological polar surface area (TPSA) is 30.2 Å². The Morgan fingerprint density at radius 2 is 2.06 bits per heavy atom. The molecule has 0 aliphatic rings. The third-order valence-corrected chi connectivity index (χ3v) is 2.99. The molecule has 0 amide bonds. The van der Waals surface area contributed by atoms with E-state index in [-0.39, 0.29) is 17.1 Å². The summed E-state index contributed by atoms with van der Waals surface area (Å²) in [4.78, 5) is 11.2. The fourth-order valence-corrected chi connectivity index (χ4v) is 2.33. The highest BCUT2D eigenvalue weighted by Gasteiger charge is 2.21. The molecule has 1 heterocycles. The van der Waals surface area contributed by atoms with Gasteiger partial charge in [-0.1, -0.05) is 0 Å². The van der Waals surface area contributed by atoms with Gasteiger partial charge in [-0.25, -0.2) is 4.39 Å². The summed E-state index contributed by atoms with van der Waals surface area (Å²) >= 11 is 3.12. The fraction of sp³-hybridized carbons (Fsp3) is 0.182. The van der Waals surface area contributed by atoms with Crippen molar-refractivity contribution in [3.63, 3.8) is 0 Å². The van der Waals surface area contributed by atoms with Crippen LogP contribution in [0, 0.1) is 18.6 Å². The zero-order valence-electron chi connectivity index (χ0n) is 8.53. The van der Waals surface area contributed by atoms with Crippen LogP contribution in [-0.2, 0) is 0 Å². The van der Waals surface area contributed by atoms with Crippen LogP contribution >= 0.6 is 15.9 Å². The van der Waals surface area contributed by atoms with Crippen LogP contribution in [0.5, 0.6) is 0 Å². The van der Waals surface area contributed by atoms with E-state index in [0.717, 1.165) is 6.07 Å². The van der Waals surface area contributed by atoms with Crippen LogP contribution in [0.25, 0.3) is 11.0 Å². The average Bonchev–Trinajstić information content (AvgIpc) is 2.53. The maximum atomic E-state index is 13.4. The molecule has 2 aromatic rings. The van der Waals surface area contributed by atoms with Crippen LogP contribution in [-0.4, -0.2) is 5.78 Å². The zero-order chi connectivity index (χ0) is 12.0. The third-order valence-electron chi connectivity index (χ3n) is 2.37. The Kier molecular flexibility index (Phi) is 2.58. The lowest BCUT2D eigenvalue weighted by molar-refractivity contribution is 0.0988. The van der Waals surface area contributed by atoms with E-state index in [2.05, 4.69) is 15.9 Å². The van der Waals surface area contributed by atoms with Crippen molar-refractivity contribution in [2.24, 2.45) is 0 Å². The number of carbonyl (C=O) groups excluding carboxylic acids is 1. The molecule has 84 valence electrons. The van der Waals surface area contributed by atoms with Gasteiger partial charge in [-0.15, -0.1) is 0 Å². The number of ketones is 1. The molecule has 1 aromatic carbocycles. The van der Waals surface area contributed by atoms with Gasteiger partial charge in [0.15, 0.2) is 22.9 Å². The lowest BCUT2D eigenvalue weighted by atomic mass is 10.1. The molecule has 5 heteroatoms. The van der Waals surface area contributed by atoms with Crippen LogP contribution in [0.1, 0.15) is 23.0 Å². The zero-order valence-corrected chi connectivity index (χ0v) is 10.1. The summed E-state index contributed by atoms with van der Waals surface area (Å²) in [7, 11) is 0. The van der Waals surface area contributed by atoms with E-state index in [0.29, 0.717) is 15.4 Å². The van der Waals surface area contributed by atoms with Crippen molar-refractivity contribution in [2.75, 3.05) is 0 Å². The van der Waals surface area contributed by atoms with Crippen molar-refractivity contribution in [1.82, 2.24) is 0 Å². The molecule has 0 unspecified atom stereocenters. The minimum absolute atomic E-state index is 0.0557. The maximum absolute atomic E-state index is 13.4. The molecule has 0 saturated heterocycles. The molecule has 0 aliphatic heterocycles. The largest absolute Gasteiger partial charge is 0.449 e. The summed E-state index contributed by atoms with van der Waals surface area (Å²) < 4.78 is 32.0. The number of aryl methyl sites for hydroxylation is 1. The van der Waals surface area contributed by atoms with Gasteiger partial charge < -0.3 is 4.42 Å². The van der Waals surface area contributed by atoms with Crippen LogP contribution in [0.2, 0.25) is 0 Å². The molecule has 0 fully saturated rings. The van der Waals surface area contributed by atoms with Gasteiger partial charge in [0.05, 0.1) is 0 Å². The molecule has 1 aromatic heterocycles. The van der Waals surface area contributed by atoms with Crippen molar-refractivity contribution in [3.8, 4) is 0 Å². The van der Waals surface area contributed by atoms with E-state index < -0.39 is 11.6 Å². The number of Topliss-reactive ketones (excluding diaryl/α,β-unsaturated/α-hetero) is 1. The van der Waals surface area contributed by atoms with Gasteiger partial charge in [0, 0.05) is 22.3 Å². The number of carbonyl (C=O) groups is 1. The van der Waals surface area contributed by atoms with E-state index in [1.54, 1.807) is 6.92 Å². The number of halogens is 3. The number of hydrogen-bond acceptors (Lipinski definition) is 2. The van der Waals surface area contributed by atoms with Gasteiger partial charge in [-0.05, 0) is 28.9 Å². The molecule has 0 saturated carbocycles. The lowest BCUT2D eigenvalue weighted by Gasteiger charge is -1.97. The standard InChI is InChI=1S/C11H7BrF2O2/c1-4-8-6(12)3-7(13)9(14)11(8)16-10(4)5(2)15/h3H,1-2H3. The Balaban J connectivity index is 2.96. The monoisotopic (exact) mass is 288 g/mol. The number of benzene rings is 1.